The number of halogens is 2. The van der Waals surface area contributed by atoms with Crippen molar-refractivity contribution in [2.45, 2.75) is 6.54 Å². The van der Waals surface area contributed by atoms with Crippen molar-refractivity contribution in [3.05, 3.63) is 21.9 Å². The minimum absolute atomic E-state index is 0.131. The molecule has 0 heterocycles. The Morgan fingerprint density at radius 3 is 2.40 bits per heavy atom. The third-order valence-corrected chi connectivity index (χ3v) is 2.71. The Bertz CT molecular complexity index is 358. The quantitative estimate of drug-likeness (QED) is 0.916. The van der Waals surface area contributed by atoms with Crippen molar-refractivity contribution in [3.63, 3.8) is 0 Å². The monoisotopic (exact) mass is 277 g/mol. The van der Waals surface area contributed by atoms with Gasteiger partial charge in [0.2, 0.25) is 0 Å². The lowest BCUT2D eigenvalue weighted by atomic mass is 10.1. The molecule has 3 nitrogen and oxygen atoms in total. The van der Waals surface area contributed by atoms with E-state index in [9.17, 15) is 4.39 Å². The number of hydrogen-bond donors (Lipinski definition) is 1. The molecule has 0 aliphatic carbocycles. The van der Waals surface area contributed by atoms with Gasteiger partial charge >= 0.3 is 0 Å². The van der Waals surface area contributed by atoms with E-state index in [1.807, 2.05) is 7.05 Å². The highest BCUT2D eigenvalue weighted by Crippen LogP contribution is 2.38. The number of methoxy groups -OCH3 is 2. The van der Waals surface area contributed by atoms with Gasteiger partial charge in [0.25, 0.3) is 0 Å². The molecule has 5 heteroatoms. The van der Waals surface area contributed by atoms with Crippen LogP contribution in [0.3, 0.4) is 0 Å². The van der Waals surface area contributed by atoms with Crippen LogP contribution in [0.2, 0.25) is 0 Å². The molecule has 0 unspecified atom stereocenters. The van der Waals surface area contributed by atoms with Crippen molar-refractivity contribution < 1.29 is 13.9 Å². The second kappa shape index (κ2) is 5.32. The lowest BCUT2D eigenvalue weighted by Crippen LogP contribution is -2.09. The molecule has 1 rings (SSSR count). The fraction of sp³-hybridized carbons (Fsp3) is 0.400. The molecule has 0 bridgehead atoms. The molecule has 0 radical (unpaired) electrons. The summed E-state index contributed by atoms with van der Waals surface area (Å²) in [5.41, 5.74) is 0.832. The summed E-state index contributed by atoms with van der Waals surface area (Å²) in [6.45, 7) is 0.570. The standard InChI is InChI=1S/C10H13BrFNO2/c1-13-5-6-7(11)4-8(12)10(15-3)9(6)14-2/h4,13H,5H2,1-3H3. The van der Waals surface area contributed by atoms with Crippen LogP contribution in [0.15, 0.2) is 10.5 Å². The molecule has 84 valence electrons. The van der Waals surface area contributed by atoms with Crippen molar-refractivity contribution in [2.75, 3.05) is 21.3 Å². The predicted octanol–water partition coefficient (Wildman–Crippen LogP) is 2.32. The highest BCUT2D eigenvalue weighted by molar-refractivity contribution is 9.10. The molecule has 0 saturated heterocycles. The zero-order valence-electron chi connectivity index (χ0n) is 8.86. The third kappa shape index (κ3) is 2.41. The van der Waals surface area contributed by atoms with Gasteiger partial charge in [-0.1, -0.05) is 15.9 Å². The number of rotatable bonds is 4. The summed E-state index contributed by atoms with van der Waals surface area (Å²) >= 11 is 3.29. The summed E-state index contributed by atoms with van der Waals surface area (Å²) in [6.07, 6.45) is 0. The first-order valence-electron chi connectivity index (χ1n) is 4.39. The van der Waals surface area contributed by atoms with Crippen LogP contribution in [-0.4, -0.2) is 21.3 Å². The zero-order valence-corrected chi connectivity index (χ0v) is 10.4. The third-order valence-electron chi connectivity index (χ3n) is 2.00. The molecule has 15 heavy (non-hydrogen) atoms. The van der Waals surface area contributed by atoms with Gasteiger partial charge in [0, 0.05) is 16.6 Å². The van der Waals surface area contributed by atoms with Gasteiger partial charge in [-0.15, -0.1) is 0 Å². The molecule has 0 atom stereocenters. The van der Waals surface area contributed by atoms with E-state index in [1.54, 1.807) is 0 Å². The Kier molecular flexibility index (Phi) is 4.35. The van der Waals surface area contributed by atoms with Crippen LogP contribution in [0.1, 0.15) is 5.56 Å². The summed E-state index contributed by atoms with van der Waals surface area (Å²) in [6, 6.07) is 1.37. The van der Waals surface area contributed by atoms with E-state index >= 15 is 0 Å². The number of benzene rings is 1. The molecular formula is C10H13BrFNO2. The Labute approximate surface area is 96.7 Å². The first kappa shape index (κ1) is 12.3. The molecule has 0 aromatic heterocycles. The average Bonchev–Trinajstić information content (AvgIpc) is 2.21. The molecule has 0 amide bonds. The summed E-state index contributed by atoms with van der Waals surface area (Å²) in [4.78, 5) is 0. The van der Waals surface area contributed by atoms with Crippen molar-refractivity contribution >= 4 is 15.9 Å². The summed E-state index contributed by atoms with van der Waals surface area (Å²) < 4.78 is 24.2. The maximum absolute atomic E-state index is 13.5. The van der Waals surface area contributed by atoms with Crippen molar-refractivity contribution in [2.24, 2.45) is 0 Å². The second-order valence-electron chi connectivity index (χ2n) is 2.92. The van der Waals surface area contributed by atoms with Crippen LogP contribution in [0.4, 0.5) is 4.39 Å². The van der Waals surface area contributed by atoms with Gasteiger partial charge in [-0.25, -0.2) is 4.39 Å². The molecule has 0 aliphatic heterocycles. The van der Waals surface area contributed by atoms with E-state index in [0.717, 1.165) is 5.56 Å². The molecule has 1 N–H and O–H groups in total. The topological polar surface area (TPSA) is 30.5 Å². The SMILES string of the molecule is CNCc1c(Br)cc(F)c(OC)c1OC. The van der Waals surface area contributed by atoms with E-state index in [0.29, 0.717) is 16.8 Å². The summed E-state index contributed by atoms with van der Waals surface area (Å²) in [5, 5.41) is 2.98. The average molecular weight is 278 g/mol. The first-order chi connectivity index (χ1) is 7.15. The van der Waals surface area contributed by atoms with Crippen LogP contribution in [0.5, 0.6) is 11.5 Å². The maximum Gasteiger partial charge on any atom is 0.197 e. The molecule has 1 aromatic rings. The minimum atomic E-state index is -0.443. The zero-order chi connectivity index (χ0) is 11.4. The van der Waals surface area contributed by atoms with Crippen LogP contribution in [0.25, 0.3) is 0 Å². The first-order valence-corrected chi connectivity index (χ1v) is 5.18. The van der Waals surface area contributed by atoms with E-state index in [2.05, 4.69) is 21.2 Å². The molecule has 0 aliphatic rings. The lowest BCUT2D eigenvalue weighted by molar-refractivity contribution is 0.333. The normalized spacial score (nSPS) is 10.2. The van der Waals surface area contributed by atoms with Gasteiger partial charge in [-0.2, -0.15) is 0 Å². The number of hydrogen-bond acceptors (Lipinski definition) is 3. The minimum Gasteiger partial charge on any atom is -0.492 e. The molecule has 0 fully saturated rings. The number of nitrogens with one attached hydrogen (secondary N) is 1. The van der Waals surface area contributed by atoms with Gasteiger partial charge < -0.3 is 14.8 Å². The van der Waals surface area contributed by atoms with E-state index in [-0.39, 0.29) is 5.75 Å². The van der Waals surface area contributed by atoms with Crippen LogP contribution in [0, 0.1) is 5.82 Å². The van der Waals surface area contributed by atoms with Gasteiger partial charge in [0.05, 0.1) is 14.2 Å². The van der Waals surface area contributed by atoms with E-state index < -0.39 is 5.82 Å². The Morgan fingerprint density at radius 2 is 1.93 bits per heavy atom. The Morgan fingerprint density at radius 1 is 1.33 bits per heavy atom. The van der Waals surface area contributed by atoms with Gasteiger partial charge in [-0.3, -0.25) is 0 Å². The molecular weight excluding hydrogens is 265 g/mol. The molecule has 0 saturated carbocycles. The Balaban J connectivity index is 3.35. The summed E-state index contributed by atoms with van der Waals surface area (Å²) in [5.74, 6) is 0.103. The predicted molar refractivity (Wildman–Crippen MR) is 60.0 cm³/mol. The van der Waals surface area contributed by atoms with Crippen molar-refractivity contribution in [3.8, 4) is 11.5 Å². The second-order valence-corrected chi connectivity index (χ2v) is 3.77. The lowest BCUT2D eigenvalue weighted by Gasteiger charge is -2.14. The van der Waals surface area contributed by atoms with Crippen LogP contribution < -0.4 is 14.8 Å². The van der Waals surface area contributed by atoms with Gasteiger partial charge in [0.1, 0.15) is 0 Å². The van der Waals surface area contributed by atoms with Gasteiger partial charge in [0.15, 0.2) is 17.3 Å². The largest absolute Gasteiger partial charge is 0.492 e. The van der Waals surface area contributed by atoms with E-state index in [1.165, 1.54) is 20.3 Å². The fourth-order valence-electron chi connectivity index (χ4n) is 1.37. The Hall–Kier alpha value is -0.810. The highest BCUT2D eigenvalue weighted by atomic mass is 79.9. The highest BCUT2D eigenvalue weighted by Gasteiger charge is 2.18. The van der Waals surface area contributed by atoms with Crippen molar-refractivity contribution in [1.29, 1.82) is 0 Å². The van der Waals surface area contributed by atoms with Crippen molar-refractivity contribution in [1.82, 2.24) is 5.32 Å². The maximum atomic E-state index is 13.5. The smallest absolute Gasteiger partial charge is 0.197 e. The van der Waals surface area contributed by atoms with E-state index in [4.69, 9.17) is 9.47 Å². The fourth-order valence-corrected chi connectivity index (χ4v) is 1.89. The van der Waals surface area contributed by atoms with Crippen LogP contribution >= 0.6 is 15.9 Å². The molecule has 0 spiro atoms. The number of ether oxygens (including phenoxy) is 2. The molecule has 1 aromatic carbocycles. The summed E-state index contributed by atoms with van der Waals surface area (Å²) in [7, 11) is 4.71. The van der Waals surface area contributed by atoms with Crippen LogP contribution in [-0.2, 0) is 6.54 Å². The van der Waals surface area contributed by atoms with Gasteiger partial charge in [-0.05, 0) is 13.1 Å².